The molecule has 0 saturated heterocycles. The minimum absolute atomic E-state index is 0.00546. The molecule has 28 heavy (non-hydrogen) atoms. The molecule has 0 aliphatic heterocycles. The summed E-state index contributed by atoms with van der Waals surface area (Å²) >= 11 is 6.38. The maximum Gasteiger partial charge on any atom is 0.340 e. The Kier molecular flexibility index (Phi) is 6.86. The van der Waals surface area contributed by atoms with E-state index in [-0.39, 0.29) is 33.5 Å². The molecule has 0 spiro atoms. The van der Waals surface area contributed by atoms with Crippen LogP contribution in [-0.2, 0) is 19.2 Å². The van der Waals surface area contributed by atoms with Gasteiger partial charge in [-0.25, -0.2) is 9.00 Å². The summed E-state index contributed by atoms with van der Waals surface area (Å²) in [5.41, 5.74) is -0.125. The number of esters is 1. The first kappa shape index (κ1) is 21.9. The molecule has 1 fully saturated rings. The molecule has 1 aliphatic carbocycles. The van der Waals surface area contributed by atoms with Crippen LogP contribution in [0.3, 0.4) is 0 Å². The topological polar surface area (TPSA) is 113 Å². The summed E-state index contributed by atoms with van der Waals surface area (Å²) in [5.74, 6) is -3.41. The van der Waals surface area contributed by atoms with Gasteiger partial charge in [-0.15, -0.1) is 0 Å². The number of methoxy groups -OCH3 is 1. The van der Waals surface area contributed by atoms with Gasteiger partial charge >= 0.3 is 5.97 Å². The van der Waals surface area contributed by atoms with Gasteiger partial charge in [0.15, 0.2) is 17.5 Å². The largest absolute Gasteiger partial charge is 0.465 e. The normalized spacial score (nSPS) is 16.2. The fourth-order valence-electron chi connectivity index (χ4n) is 2.63. The van der Waals surface area contributed by atoms with Crippen molar-refractivity contribution >= 4 is 49.9 Å². The standard InChI is InChI=1S/C19H21ClN2O5S/c1-4-28(26,5-2)22-16-13(19(25)27-3)9-8-12(15(16)20)18(24)14(10-21)17(23)11-6-7-11/h4,8-9,11,14H,5-7H2,1-3H3,(H,22,26). The van der Waals surface area contributed by atoms with Gasteiger partial charge in [-0.1, -0.05) is 18.5 Å². The van der Waals surface area contributed by atoms with Crippen molar-refractivity contribution in [3.63, 3.8) is 0 Å². The second kappa shape index (κ2) is 8.76. The van der Waals surface area contributed by atoms with E-state index in [0.29, 0.717) is 12.8 Å². The Labute approximate surface area is 169 Å². The molecule has 2 atom stereocenters. The van der Waals surface area contributed by atoms with Gasteiger partial charge in [-0.3, -0.25) is 9.59 Å². The number of carbonyl (C=O) groups excluding carboxylic acids is 3. The molecule has 0 radical (unpaired) electrons. The van der Waals surface area contributed by atoms with Gasteiger partial charge in [0, 0.05) is 26.9 Å². The summed E-state index contributed by atoms with van der Waals surface area (Å²) in [4.78, 5) is 37.2. The van der Waals surface area contributed by atoms with Gasteiger partial charge in [0.25, 0.3) is 0 Å². The molecule has 0 heterocycles. The molecule has 1 N–H and O–H groups in total. The van der Waals surface area contributed by atoms with E-state index in [2.05, 4.69) is 4.72 Å². The Balaban J connectivity index is 2.58. The number of benzene rings is 1. The van der Waals surface area contributed by atoms with E-state index >= 15 is 0 Å². The third kappa shape index (κ3) is 4.37. The maximum absolute atomic E-state index is 12.8. The lowest BCUT2D eigenvalue weighted by Crippen LogP contribution is -2.25. The Bertz CT molecular complexity index is 985. The molecule has 1 aromatic rings. The van der Waals surface area contributed by atoms with Gasteiger partial charge in [0.1, 0.15) is 0 Å². The zero-order valence-electron chi connectivity index (χ0n) is 15.8. The molecule has 0 amide bonds. The van der Waals surface area contributed by atoms with Gasteiger partial charge < -0.3 is 9.46 Å². The Morgan fingerprint density at radius 1 is 1.39 bits per heavy atom. The molecule has 1 saturated carbocycles. The van der Waals surface area contributed by atoms with Gasteiger partial charge in [0.2, 0.25) is 0 Å². The highest BCUT2D eigenvalue weighted by atomic mass is 35.5. The fourth-order valence-corrected chi connectivity index (χ4v) is 4.14. The predicted octanol–water partition coefficient (Wildman–Crippen LogP) is 2.88. The molecule has 1 aromatic carbocycles. The van der Waals surface area contributed by atoms with Crippen molar-refractivity contribution in [2.24, 2.45) is 11.8 Å². The summed E-state index contributed by atoms with van der Waals surface area (Å²) in [6.07, 6.45) is 1.33. The number of Topliss-reactive ketones (excluding diaryl/α,β-unsaturated/α-hetero) is 2. The van der Waals surface area contributed by atoms with Gasteiger partial charge in [-0.05, 0) is 37.3 Å². The van der Waals surface area contributed by atoms with Crippen LogP contribution in [0.5, 0.6) is 0 Å². The van der Waals surface area contributed by atoms with E-state index in [0.717, 1.165) is 0 Å². The Morgan fingerprint density at radius 3 is 2.46 bits per heavy atom. The Morgan fingerprint density at radius 2 is 2.00 bits per heavy atom. The lowest BCUT2D eigenvalue weighted by Gasteiger charge is -2.18. The van der Waals surface area contributed by atoms with E-state index in [9.17, 15) is 23.9 Å². The average Bonchev–Trinajstić information content (AvgIpc) is 3.54. The van der Waals surface area contributed by atoms with Crippen LogP contribution in [0.15, 0.2) is 12.1 Å². The third-order valence-corrected chi connectivity index (χ3v) is 7.11. The molecule has 2 rings (SSSR count). The highest BCUT2D eigenvalue weighted by Crippen LogP contribution is 2.36. The van der Waals surface area contributed by atoms with E-state index in [1.54, 1.807) is 19.9 Å². The number of carbonyl (C=O) groups is 3. The minimum Gasteiger partial charge on any atom is -0.465 e. The zero-order valence-corrected chi connectivity index (χ0v) is 17.4. The second-order valence-electron chi connectivity index (χ2n) is 6.30. The highest BCUT2D eigenvalue weighted by Gasteiger charge is 2.39. The number of halogens is 1. The van der Waals surface area contributed by atoms with Crippen LogP contribution in [0.4, 0.5) is 5.69 Å². The number of ether oxygens (including phenoxy) is 1. The lowest BCUT2D eigenvalue weighted by molar-refractivity contribution is -0.121. The average molecular weight is 425 g/mol. The number of hydrogen-bond acceptors (Lipinski definition) is 6. The van der Waals surface area contributed by atoms with Crippen molar-refractivity contribution in [3.05, 3.63) is 28.3 Å². The van der Waals surface area contributed by atoms with Crippen LogP contribution in [0.2, 0.25) is 5.02 Å². The molecular formula is C19H21ClN2O5S. The first-order valence-electron chi connectivity index (χ1n) is 8.70. The fraction of sp³-hybridized carbons (Fsp3) is 0.421. The van der Waals surface area contributed by atoms with Crippen LogP contribution in [0, 0.1) is 23.2 Å². The summed E-state index contributed by atoms with van der Waals surface area (Å²) < 4.78 is 20.3. The number of ketones is 2. The van der Waals surface area contributed by atoms with E-state index in [4.69, 9.17) is 16.3 Å². The number of hydrogen-bond donors (Lipinski definition) is 1. The first-order chi connectivity index (χ1) is 13.2. The van der Waals surface area contributed by atoms with Crippen LogP contribution in [-0.4, -0.2) is 40.0 Å². The van der Waals surface area contributed by atoms with Crippen molar-refractivity contribution in [2.45, 2.75) is 26.7 Å². The highest BCUT2D eigenvalue weighted by molar-refractivity contribution is 8.02. The number of rotatable bonds is 8. The molecule has 7 nitrogen and oxygen atoms in total. The monoisotopic (exact) mass is 424 g/mol. The maximum atomic E-state index is 12.8. The number of nitrogens with one attached hydrogen (secondary N) is 1. The van der Waals surface area contributed by atoms with Crippen LogP contribution >= 0.6 is 11.6 Å². The van der Waals surface area contributed by atoms with E-state index in [1.165, 1.54) is 24.6 Å². The summed E-state index contributed by atoms with van der Waals surface area (Å²) in [7, 11) is -1.52. The minimum atomic E-state index is -2.70. The van der Waals surface area contributed by atoms with Crippen molar-refractivity contribution in [1.29, 1.82) is 5.26 Å². The van der Waals surface area contributed by atoms with Crippen molar-refractivity contribution < 1.29 is 23.3 Å². The van der Waals surface area contributed by atoms with E-state index < -0.39 is 33.2 Å². The van der Waals surface area contributed by atoms with Crippen LogP contribution in [0.1, 0.15) is 47.4 Å². The summed E-state index contributed by atoms with van der Waals surface area (Å²) in [5, 5.41) is 10.6. The van der Waals surface area contributed by atoms with Crippen LogP contribution in [0.25, 0.3) is 0 Å². The third-order valence-electron chi connectivity index (χ3n) is 4.55. The van der Waals surface area contributed by atoms with Crippen molar-refractivity contribution in [1.82, 2.24) is 0 Å². The number of anilines is 1. The quantitative estimate of drug-likeness (QED) is 0.297. The molecular weight excluding hydrogens is 404 g/mol. The lowest BCUT2D eigenvalue weighted by atomic mass is 9.91. The van der Waals surface area contributed by atoms with Gasteiger partial charge in [0.05, 0.1) is 29.5 Å². The SMILES string of the molecule is CC=S(=O)(CC)Nc1c(C(=O)OC)ccc(C(=O)C(C#N)C(=O)C2CC2)c1Cl. The first-order valence-corrected chi connectivity index (χ1v) is 10.9. The molecule has 150 valence electrons. The van der Waals surface area contributed by atoms with E-state index in [1.807, 2.05) is 0 Å². The predicted molar refractivity (Wildman–Crippen MR) is 108 cm³/mol. The van der Waals surface area contributed by atoms with Gasteiger partial charge in [-0.2, -0.15) is 5.26 Å². The van der Waals surface area contributed by atoms with Crippen molar-refractivity contribution in [2.75, 3.05) is 17.6 Å². The number of nitrogens with zero attached hydrogens (tertiary/aromatic N) is 1. The zero-order chi connectivity index (χ0) is 21.1. The Hall–Kier alpha value is -2.37. The second-order valence-corrected chi connectivity index (χ2v) is 9.38. The molecule has 9 heteroatoms. The molecule has 1 aliphatic rings. The van der Waals surface area contributed by atoms with Crippen LogP contribution < -0.4 is 4.72 Å². The molecule has 0 bridgehead atoms. The molecule has 0 aromatic heterocycles. The molecule has 2 unspecified atom stereocenters. The smallest absolute Gasteiger partial charge is 0.340 e. The number of nitriles is 1. The summed E-state index contributed by atoms with van der Waals surface area (Å²) in [6.45, 7) is 3.29. The summed E-state index contributed by atoms with van der Waals surface area (Å²) in [6, 6.07) is 4.33. The van der Waals surface area contributed by atoms with Crippen molar-refractivity contribution in [3.8, 4) is 6.07 Å².